The number of ketones is 2. The molecule has 3 saturated carbocycles. The third-order valence-corrected chi connectivity index (χ3v) is 9.29. The first-order valence-electron chi connectivity index (χ1n) is 11.2. The lowest BCUT2D eigenvalue weighted by molar-refractivity contribution is -0.232. The lowest BCUT2D eigenvalue weighted by atomic mass is 9.45. The van der Waals surface area contributed by atoms with Crippen LogP contribution in [0.25, 0.3) is 0 Å². The van der Waals surface area contributed by atoms with Gasteiger partial charge in [-0.05, 0) is 44.9 Å². The third kappa shape index (κ3) is 3.50. The second kappa shape index (κ2) is 7.85. The van der Waals surface area contributed by atoms with Crippen LogP contribution in [-0.4, -0.2) is 60.4 Å². The van der Waals surface area contributed by atoms with Crippen molar-refractivity contribution in [3.8, 4) is 0 Å². The molecule has 2 N–H and O–H groups in total. The zero-order chi connectivity index (χ0) is 23.5. The summed E-state index contributed by atoms with van der Waals surface area (Å²) >= 11 is 0. The van der Waals surface area contributed by atoms with Crippen molar-refractivity contribution < 1.29 is 36.8 Å². The Morgan fingerprint density at radius 2 is 1.90 bits per heavy atom. The molecule has 0 aromatic carbocycles. The first kappa shape index (κ1) is 24.7. The van der Waals surface area contributed by atoms with Gasteiger partial charge < -0.3 is 10.2 Å². The van der Waals surface area contributed by atoms with E-state index in [0.29, 0.717) is 19.3 Å². The van der Waals surface area contributed by atoms with E-state index in [1.165, 1.54) is 0 Å². The van der Waals surface area contributed by atoms with Crippen LogP contribution in [0.3, 0.4) is 0 Å². The average Bonchev–Trinajstić information content (AvgIpc) is 2.94. The van der Waals surface area contributed by atoms with Gasteiger partial charge in [-0.3, -0.25) is 13.8 Å². The van der Waals surface area contributed by atoms with E-state index in [1.807, 2.05) is 6.92 Å². The molecule has 3 fully saturated rings. The predicted molar refractivity (Wildman–Crippen MR) is 111 cm³/mol. The molecule has 3 rings (SSSR count). The molecular weight excluding hydrogens is 427 g/mol. The second-order valence-electron chi connectivity index (χ2n) is 10.3. The van der Waals surface area contributed by atoms with Crippen LogP contribution in [0.2, 0.25) is 0 Å². The Kier molecular flexibility index (Phi) is 6.26. The number of alkyl halides is 1. The Morgan fingerprint density at radius 3 is 2.48 bits per heavy atom. The van der Waals surface area contributed by atoms with Crippen molar-refractivity contribution in [1.82, 2.24) is 0 Å². The molecule has 0 aromatic rings. The zero-order valence-electron chi connectivity index (χ0n) is 18.8. The first-order chi connectivity index (χ1) is 14.2. The van der Waals surface area contributed by atoms with Crippen LogP contribution in [0.4, 0.5) is 4.39 Å². The minimum atomic E-state index is -3.87. The number of carbonyl (C=O) groups is 2. The van der Waals surface area contributed by atoms with Crippen molar-refractivity contribution in [3.05, 3.63) is 0 Å². The molecule has 0 saturated heterocycles. The topological polar surface area (TPSA) is 118 Å². The summed E-state index contributed by atoms with van der Waals surface area (Å²) in [6.45, 7) is 4.46. The standard InChI is InChI=1S/C22H35FO7S/c1-5-6-10-19(2)16(24)8-7-15-14-9-11-21(27,18(26)13-30-31(4,28)29)20(14,3)12-17(25)22(15,19)23/h14-15,17,25,27H,5-13H2,1-4H3/t14-,15-,17-,19-,20-,21-,22?/m0/s1. The van der Waals surface area contributed by atoms with E-state index in [0.717, 1.165) is 12.7 Å². The highest BCUT2D eigenvalue weighted by atomic mass is 32.2. The molecule has 3 aliphatic carbocycles. The number of hydrogen-bond acceptors (Lipinski definition) is 7. The quantitative estimate of drug-likeness (QED) is 0.558. The highest BCUT2D eigenvalue weighted by Crippen LogP contribution is 2.68. The molecule has 9 heteroatoms. The monoisotopic (exact) mass is 462 g/mol. The summed E-state index contributed by atoms with van der Waals surface area (Å²) in [6, 6.07) is 0. The zero-order valence-corrected chi connectivity index (χ0v) is 19.6. The minimum absolute atomic E-state index is 0.0407. The summed E-state index contributed by atoms with van der Waals surface area (Å²) in [5.41, 5.74) is -6.50. The maximum atomic E-state index is 16.9. The van der Waals surface area contributed by atoms with Gasteiger partial charge in [-0.1, -0.05) is 26.7 Å². The Hall–Kier alpha value is -0.900. The second-order valence-corrected chi connectivity index (χ2v) is 11.9. The van der Waals surface area contributed by atoms with Crippen molar-refractivity contribution in [2.45, 2.75) is 89.5 Å². The van der Waals surface area contributed by atoms with E-state index in [1.54, 1.807) is 13.8 Å². The molecular formula is C22H35FO7S. The number of hydrogen-bond donors (Lipinski definition) is 2. The Labute approximate surface area is 183 Å². The van der Waals surface area contributed by atoms with Crippen LogP contribution in [0.5, 0.6) is 0 Å². The number of unbranched alkanes of at least 4 members (excludes halogenated alkanes) is 1. The maximum Gasteiger partial charge on any atom is 0.264 e. The fourth-order valence-electron chi connectivity index (χ4n) is 6.89. The Bertz CT molecular complexity index is 860. The highest BCUT2D eigenvalue weighted by molar-refractivity contribution is 7.86. The summed E-state index contributed by atoms with van der Waals surface area (Å²) in [6.07, 6.45) is 1.81. The van der Waals surface area contributed by atoms with Crippen molar-refractivity contribution in [1.29, 1.82) is 0 Å². The molecule has 0 amide bonds. The van der Waals surface area contributed by atoms with Crippen molar-refractivity contribution in [2.75, 3.05) is 12.9 Å². The van der Waals surface area contributed by atoms with Crippen LogP contribution < -0.4 is 0 Å². The van der Waals surface area contributed by atoms with E-state index in [2.05, 4.69) is 4.18 Å². The Balaban J connectivity index is 1.97. The van der Waals surface area contributed by atoms with Gasteiger partial charge in [0, 0.05) is 17.8 Å². The number of aliphatic hydroxyl groups excluding tert-OH is 1. The number of Topliss-reactive ketones (excluding diaryl/α,β-unsaturated/α-hetero) is 2. The fourth-order valence-corrected chi connectivity index (χ4v) is 7.22. The number of rotatable bonds is 7. The largest absolute Gasteiger partial charge is 0.390 e. The molecule has 3 aliphatic rings. The van der Waals surface area contributed by atoms with Gasteiger partial charge in [0.25, 0.3) is 10.1 Å². The number of carbonyl (C=O) groups excluding carboxylic acids is 2. The highest BCUT2D eigenvalue weighted by Gasteiger charge is 2.74. The van der Waals surface area contributed by atoms with Crippen LogP contribution in [0.15, 0.2) is 0 Å². The number of halogens is 1. The fraction of sp³-hybridized carbons (Fsp3) is 0.909. The van der Waals surface area contributed by atoms with Gasteiger partial charge in [-0.25, -0.2) is 4.39 Å². The van der Waals surface area contributed by atoms with Gasteiger partial charge in [0.05, 0.1) is 17.8 Å². The molecule has 0 radical (unpaired) electrons. The third-order valence-electron chi connectivity index (χ3n) is 8.75. The summed E-state index contributed by atoms with van der Waals surface area (Å²) in [5.74, 6) is -2.03. The minimum Gasteiger partial charge on any atom is -0.390 e. The van der Waals surface area contributed by atoms with Crippen molar-refractivity contribution in [2.24, 2.45) is 22.7 Å². The molecule has 0 aliphatic heterocycles. The molecule has 0 heterocycles. The predicted octanol–water partition coefficient (Wildman–Crippen LogP) is 2.33. The van der Waals surface area contributed by atoms with Crippen LogP contribution >= 0.6 is 0 Å². The van der Waals surface area contributed by atoms with E-state index >= 15 is 4.39 Å². The van der Waals surface area contributed by atoms with E-state index in [9.17, 15) is 28.2 Å². The van der Waals surface area contributed by atoms with E-state index in [4.69, 9.17) is 0 Å². The van der Waals surface area contributed by atoms with Gasteiger partial charge in [0.15, 0.2) is 11.5 Å². The van der Waals surface area contributed by atoms with E-state index in [-0.39, 0.29) is 31.5 Å². The number of fused-ring (bicyclic) bond motifs is 3. The molecule has 1 unspecified atom stereocenters. The SMILES string of the molecule is CCCC[C@@]1(C)C(=O)CC[C@H]2[C@@H]3CC[C@](O)(C(=O)COS(C)(=O)=O)[C@@]3(C)C[C@H](O)C21F. The molecule has 7 nitrogen and oxygen atoms in total. The number of aliphatic hydroxyl groups is 2. The Morgan fingerprint density at radius 1 is 1.26 bits per heavy atom. The van der Waals surface area contributed by atoms with Crippen molar-refractivity contribution in [3.63, 3.8) is 0 Å². The van der Waals surface area contributed by atoms with Crippen LogP contribution in [-0.2, 0) is 23.9 Å². The van der Waals surface area contributed by atoms with Gasteiger partial charge in [-0.15, -0.1) is 0 Å². The van der Waals surface area contributed by atoms with Gasteiger partial charge in [0.1, 0.15) is 18.0 Å². The van der Waals surface area contributed by atoms with E-state index < -0.39 is 62.5 Å². The summed E-state index contributed by atoms with van der Waals surface area (Å²) in [4.78, 5) is 25.8. The lowest BCUT2D eigenvalue weighted by Crippen LogP contribution is -2.70. The molecule has 178 valence electrons. The molecule has 0 spiro atoms. The molecule has 31 heavy (non-hydrogen) atoms. The maximum absolute atomic E-state index is 16.9. The normalized spacial score (nSPS) is 45.3. The first-order valence-corrected chi connectivity index (χ1v) is 13.0. The average molecular weight is 463 g/mol. The molecule has 7 atom stereocenters. The smallest absolute Gasteiger partial charge is 0.264 e. The van der Waals surface area contributed by atoms with Gasteiger partial charge in [0.2, 0.25) is 0 Å². The van der Waals surface area contributed by atoms with Gasteiger partial charge in [-0.2, -0.15) is 8.42 Å². The van der Waals surface area contributed by atoms with Crippen LogP contribution in [0.1, 0.15) is 72.1 Å². The summed E-state index contributed by atoms with van der Waals surface area (Å²) < 4.78 is 44.1. The molecule has 0 bridgehead atoms. The van der Waals surface area contributed by atoms with Crippen molar-refractivity contribution >= 4 is 21.7 Å². The summed E-state index contributed by atoms with van der Waals surface area (Å²) in [5, 5.41) is 22.5. The lowest BCUT2D eigenvalue weighted by Gasteiger charge is -2.61. The van der Waals surface area contributed by atoms with Crippen LogP contribution in [0, 0.1) is 22.7 Å². The summed E-state index contributed by atoms with van der Waals surface area (Å²) in [7, 11) is -3.87. The van der Waals surface area contributed by atoms with Gasteiger partial charge >= 0.3 is 0 Å². The molecule has 0 aromatic heterocycles.